The lowest BCUT2D eigenvalue weighted by Crippen LogP contribution is -2.50. The Hall–Kier alpha value is -1.92. The van der Waals surface area contributed by atoms with E-state index in [0.29, 0.717) is 41.8 Å². The Labute approximate surface area is 143 Å². The normalized spacial score (nSPS) is 14.8. The standard InChI is InChI=1S/C16H16ClN3O2S/c17-14-5-4-13(23-14)16(22)20-9-7-19(8-10-20)15(21)11-12-3-1-2-6-18-12/h1-6H,7-11H2. The summed E-state index contributed by atoms with van der Waals surface area (Å²) in [5.74, 6) is 0.0358. The molecule has 1 aliphatic rings. The molecular formula is C16H16ClN3O2S. The van der Waals surface area contributed by atoms with Crippen molar-refractivity contribution >= 4 is 34.8 Å². The number of halogens is 1. The van der Waals surface area contributed by atoms with Crippen molar-refractivity contribution in [3.8, 4) is 0 Å². The number of rotatable bonds is 3. The molecule has 0 radical (unpaired) electrons. The van der Waals surface area contributed by atoms with Crippen molar-refractivity contribution in [2.24, 2.45) is 0 Å². The first kappa shape index (κ1) is 16.0. The molecule has 2 aromatic heterocycles. The number of pyridine rings is 1. The highest BCUT2D eigenvalue weighted by molar-refractivity contribution is 7.17. The van der Waals surface area contributed by atoms with Gasteiger partial charge in [-0.1, -0.05) is 17.7 Å². The monoisotopic (exact) mass is 349 g/mol. The largest absolute Gasteiger partial charge is 0.339 e. The molecule has 0 atom stereocenters. The maximum Gasteiger partial charge on any atom is 0.264 e. The molecule has 2 aromatic rings. The van der Waals surface area contributed by atoms with Crippen LogP contribution in [0.2, 0.25) is 4.34 Å². The van der Waals surface area contributed by atoms with Gasteiger partial charge in [-0.3, -0.25) is 14.6 Å². The van der Waals surface area contributed by atoms with Crippen molar-refractivity contribution in [2.45, 2.75) is 6.42 Å². The van der Waals surface area contributed by atoms with Gasteiger partial charge in [0.2, 0.25) is 5.91 Å². The Morgan fingerprint density at radius 1 is 1.09 bits per heavy atom. The molecule has 0 aliphatic carbocycles. The summed E-state index contributed by atoms with van der Waals surface area (Å²) in [5, 5.41) is 0. The molecule has 2 amide bonds. The molecule has 120 valence electrons. The van der Waals surface area contributed by atoms with E-state index < -0.39 is 0 Å². The van der Waals surface area contributed by atoms with Crippen LogP contribution in [-0.4, -0.2) is 52.8 Å². The van der Waals surface area contributed by atoms with Crippen LogP contribution in [0.15, 0.2) is 36.5 Å². The first-order valence-corrected chi connectivity index (χ1v) is 8.55. The molecule has 7 heteroatoms. The van der Waals surface area contributed by atoms with Crippen LogP contribution in [0.1, 0.15) is 15.4 Å². The van der Waals surface area contributed by atoms with Crippen molar-refractivity contribution in [1.82, 2.24) is 14.8 Å². The topological polar surface area (TPSA) is 53.5 Å². The summed E-state index contributed by atoms with van der Waals surface area (Å²) in [7, 11) is 0. The summed E-state index contributed by atoms with van der Waals surface area (Å²) < 4.78 is 0.609. The predicted octanol–water partition coefficient (Wildman–Crippen LogP) is 2.32. The molecule has 0 saturated carbocycles. The summed E-state index contributed by atoms with van der Waals surface area (Å²) >= 11 is 7.16. The number of nitrogens with zero attached hydrogens (tertiary/aromatic N) is 3. The number of carbonyl (C=O) groups excluding carboxylic acids is 2. The van der Waals surface area contributed by atoms with E-state index in [2.05, 4.69) is 4.98 Å². The number of hydrogen-bond acceptors (Lipinski definition) is 4. The fourth-order valence-corrected chi connectivity index (χ4v) is 3.52. The zero-order valence-electron chi connectivity index (χ0n) is 12.4. The number of hydrogen-bond donors (Lipinski definition) is 0. The van der Waals surface area contributed by atoms with Gasteiger partial charge in [0, 0.05) is 38.1 Å². The lowest BCUT2D eigenvalue weighted by Gasteiger charge is -2.34. The van der Waals surface area contributed by atoms with Crippen LogP contribution in [0.5, 0.6) is 0 Å². The van der Waals surface area contributed by atoms with E-state index in [-0.39, 0.29) is 11.8 Å². The van der Waals surface area contributed by atoms with Gasteiger partial charge >= 0.3 is 0 Å². The first-order chi connectivity index (χ1) is 11.1. The van der Waals surface area contributed by atoms with E-state index in [0.717, 1.165) is 5.69 Å². The second kappa shape index (κ2) is 7.10. The molecule has 0 aromatic carbocycles. The molecule has 1 aliphatic heterocycles. The van der Waals surface area contributed by atoms with E-state index >= 15 is 0 Å². The predicted molar refractivity (Wildman–Crippen MR) is 89.8 cm³/mol. The smallest absolute Gasteiger partial charge is 0.264 e. The van der Waals surface area contributed by atoms with Crippen LogP contribution in [-0.2, 0) is 11.2 Å². The number of aromatic nitrogens is 1. The third kappa shape index (κ3) is 3.89. The summed E-state index contributed by atoms with van der Waals surface area (Å²) in [6.45, 7) is 2.19. The second-order valence-corrected chi connectivity index (χ2v) is 6.99. The Bertz CT molecular complexity index is 696. The Kier molecular flexibility index (Phi) is 4.93. The van der Waals surface area contributed by atoms with E-state index in [1.807, 2.05) is 18.2 Å². The first-order valence-electron chi connectivity index (χ1n) is 7.36. The average Bonchev–Trinajstić information content (AvgIpc) is 3.02. The van der Waals surface area contributed by atoms with Gasteiger partial charge in [0.15, 0.2) is 0 Å². The molecule has 23 heavy (non-hydrogen) atoms. The lowest BCUT2D eigenvalue weighted by molar-refractivity contribution is -0.132. The Morgan fingerprint density at radius 2 is 1.83 bits per heavy atom. The summed E-state index contributed by atoms with van der Waals surface area (Å²) in [4.78, 5) is 33.0. The maximum atomic E-state index is 12.3. The summed E-state index contributed by atoms with van der Waals surface area (Å²) in [6, 6.07) is 9.02. The van der Waals surface area contributed by atoms with E-state index in [1.165, 1.54) is 11.3 Å². The van der Waals surface area contributed by atoms with E-state index in [9.17, 15) is 9.59 Å². The molecule has 5 nitrogen and oxygen atoms in total. The summed E-state index contributed by atoms with van der Waals surface area (Å²) in [6.07, 6.45) is 1.99. The molecule has 3 heterocycles. The molecule has 3 rings (SSSR count). The number of piperazine rings is 1. The van der Waals surface area contributed by atoms with Gasteiger partial charge in [0.05, 0.1) is 15.6 Å². The van der Waals surface area contributed by atoms with E-state index in [1.54, 1.807) is 28.1 Å². The van der Waals surface area contributed by atoms with Crippen molar-refractivity contribution in [2.75, 3.05) is 26.2 Å². The van der Waals surface area contributed by atoms with E-state index in [4.69, 9.17) is 11.6 Å². The average molecular weight is 350 g/mol. The van der Waals surface area contributed by atoms with Crippen LogP contribution in [0.25, 0.3) is 0 Å². The van der Waals surface area contributed by atoms with Crippen LogP contribution < -0.4 is 0 Å². The van der Waals surface area contributed by atoms with Crippen molar-refractivity contribution in [3.63, 3.8) is 0 Å². The highest BCUT2D eigenvalue weighted by Crippen LogP contribution is 2.23. The lowest BCUT2D eigenvalue weighted by atomic mass is 10.2. The minimum atomic E-state index is -0.0151. The Balaban J connectivity index is 1.54. The van der Waals surface area contributed by atoms with Gasteiger partial charge in [-0.15, -0.1) is 11.3 Å². The molecule has 1 fully saturated rings. The second-order valence-electron chi connectivity index (χ2n) is 5.27. The number of amides is 2. The molecule has 0 spiro atoms. The number of carbonyl (C=O) groups is 2. The van der Waals surface area contributed by atoms with Gasteiger partial charge in [0.25, 0.3) is 5.91 Å². The summed E-state index contributed by atoms with van der Waals surface area (Å²) in [5.41, 5.74) is 0.768. The van der Waals surface area contributed by atoms with Crippen LogP contribution in [0, 0.1) is 0 Å². The molecule has 0 bridgehead atoms. The number of thiophene rings is 1. The third-order valence-electron chi connectivity index (χ3n) is 3.76. The van der Waals surface area contributed by atoms with Gasteiger partial charge < -0.3 is 9.80 Å². The molecule has 0 N–H and O–H groups in total. The van der Waals surface area contributed by atoms with Crippen molar-refractivity contribution in [3.05, 3.63) is 51.4 Å². The minimum absolute atomic E-state index is 0.0151. The molecule has 0 unspecified atom stereocenters. The fraction of sp³-hybridized carbons (Fsp3) is 0.312. The third-order valence-corrected chi connectivity index (χ3v) is 4.98. The van der Waals surface area contributed by atoms with Crippen LogP contribution in [0.3, 0.4) is 0 Å². The highest BCUT2D eigenvalue weighted by Gasteiger charge is 2.25. The van der Waals surface area contributed by atoms with Crippen LogP contribution >= 0.6 is 22.9 Å². The SMILES string of the molecule is O=C(Cc1ccccn1)N1CCN(C(=O)c2ccc(Cl)s2)CC1. The highest BCUT2D eigenvalue weighted by atomic mass is 35.5. The molecular weight excluding hydrogens is 334 g/mol. The Morgan fingerprint density at radius 3 is 2.43 bits per heavy atom. The van der Waals surface area contributed by atoms with Crippen molar-refractivity contribution < 1.29 is 9.59 Å². The maximum absolute atomic E-state index is 12.3. The fourth-order valence-electron chi connectivity index (χ4n) is 2.51. The zero-order valence-corrected chi connectivity index (χ0v) is 14.0. The zero-order chi connectivity index (χ0) is 16.2. The quantitative estimate of drug-likeness (QED) is 0.854. The van der Waals surface area contributed by atoms with Crippen LogP contribution in [0.4, 0.5) is 0 Å². The van der Waals surface area contributed by atoms with Crippen molar-refractivity contribution in [1.29, 1.82) is 0 Å². The van der Waals surface area contributed by atoms with Gasteiger partial charge in [-0.25, -0.2) is 0 Å². The molecule has 1 saturated heterocycles. The van der Waals surface area contributed by atoms with Gasteiger partial charge in [0.1, 0.15) is 0 Å². The minimum Gasteiger partial charge on any atom is -0.339 e. The van der Waals surface area contributed by atoms with Gasteiger partial charge in [-0.05, 0) is 24.3 Å². The van der Waals surface area contributed by atoms with Gasteiger partial charge in [-0.2, -0.15) is 0 Å².